The molecule has 86 valence electrons. The van der Waals surface area contributed by atoms with Crippen molar-refractivity contribution >= 4 is 5.78 Å². The van der Waals surface area contributed by atoms with Gasteiger partial charge in [-0.15, -0.1) is 0 Å². The highest BCUT2D eigenvalue weighted by Gasteiger charge is 2.15. The van der Waals surface area contributed by atoms with E-state index in [1.54, 1.807) is 19.1 Å². The molecule has 1 unspecified atom stereocenters. The minimum Gasteiger partial charge on any atom is -0.294 e. The molecule has 0 radical (unpaired) electrons. The fourth-order valence-corrected chi connectivity index (χ4v) is 1.49. The van der Waals surface area contributed by atoms with E-state index in [0.29, 0.717) is 5.56 Å². The first kappa shape index (κ1) is 12.4. The Balaban J connectivity index is 2.58. The average Bonchev–Trinajstić information content (AvgIpc) is 2.16. The Bertz CT molecular complexity index is 384. The Kier molecular flexibility index (Phi) is 4.17. The Labute approximate surface area is 94.4 Å². The standard InChI is InChI=1S/C12H15NO3/c1-9-3-5-11(6-4-9)12(14)7-10(2)8-13(15)16/h3-6,10H,7-8H2,1-2H3. The van der Waals surface area contributed by atoms with Crippen LogP contribution in [0.15, 0.2) is 24.3 Å². The number of aryl methyl sites for hydroxylation is 1. The van der Waals surface area contributed by atoms with Crippen LogP contribution in [0.5, 0.6) is 0 Å². The van der Waals surface area contributed by atoms with Gasteiger partial charge in [-0.25, -0.2) is 0 Å². The van der Waals surface area contributed by atoms with Gasteiger partial charge in [0.1, 0.15) is 0 Å². The van der Waals surface area contributed by atoms with E-state index in [2.05, 4.69) is 0 Å². The molecule has 0 bridgehead atoms. The predicted molar refractivity (Wildman–Crippen MR) is 61.2 cm³/mol. The van der Waals surface area contributed by atoms with Crippen LogP contribution < -0.4 is 0 Å². The number of nitrogens with zero attached hydrogens (tertiary/aromatic N) is 1. The molecule has 4 nitrogen and oxygen atoms in total. The zero-order valence-electron chi connectivity index (χ0n) is 9.47. The summed E-state index contributed by atoms with van der Waals surface area (Å²) in [5.41, 5.74) is 1.72. The molecule has 16 heavy (non-hydrogen) atoms. The molecule has 0 fully saturated rings. The molecule has 0 aliphatic heterocycles. The number of carbonyl (C=O) groups is 1. The molecule has 0 heterocycles. The topological polar surface area (TPSA) is 60.2 Å². The number of Topliss-reactive ketones (excluding diaryl/α,β-unsaturated/α-hetero) is 1. The molecular weight excluding hydrogens is 206 g/mol. The highest BCUT2D eigenvalue weighted by molar-refractivity contribution is 5.96. The Morgan fingerprint density at radius 2 is 1.94 bits per heavy atom. The minimum atomic E-state index is -0.382. The fraction of sp³-hybridized carbons (Fsp3) is 0.417. The third kappa shape index (κ3) is 3.81. The van der Waals surface area contributed by atoms with E-state index in [1.165, 1.54) is 0 Å². The van der Waals surface area contributed by atoms with Crippen molar-refractivity contribution in [1.82, 2.24) is 0 Å². The first-order chi connectivity index (χ1) is 7.49. The van der Waals surface area contributed by atoms with Crippen molar-refractivity contribution in [1.29, 1.82) is 0 Å². The van der Waals surface area contributed by atoms with Gasteiger partial charge in [0.25, 0.3) is 0 Å². The van der Waals surface area contributed by atoms with Gasteiger partial charge >= 0.3 is 0 Å². The maximum absolute atomic E-state index is 11.7. The van der Waals surface area contributed by atoms with Crippen molar-refractivity contribution in [2.45, 2.75) is 20.3 Å². The van der Waals surface area contributed by atoms with Crippen molar-refractivity contribution in [3.8, 4) is 0 Å². The first-order valence-electron chi connectivity index (χ1n) is 5.20. The number of benzene rings is 1. The second-order valence-corrected chi connectivity index (χ2v) is 4.11. The van der Waals surface area contributed by atoms with Gasteiger partial charge in [0.05, 0.1) is 0 Å². The zero-order chi connectivity index (χ0) is 12.1. The lowest BCUT2D eigenvalue weighted by Crippen LogP contribution is -2.15. The molecule has 0 spiro atoms. The highest BCUT2D eigenvalue weighted by Crippen LogP contribution is 2.11. The van der Waals surface area contributed by atoms with Crippen LogP contribution in [-0.2, 0) is 0 Å². The molecule has 0 amide bonds. The third-order valence-electron chi connectivity index (χ3n) is 2.37. The summed E-state index contributed by atoms with van der Waals surface area (Å²) in [5.74, 6) is -0.252. The number of hydrogen-bond acceptors (Lipinski definition) is 3. The number of hydrogen-bond donors (Lipinski definition) is 0. The maximum atomic E-state index is 11.7. The van der Waals surface area contributed by atoms with Crippen LogP contribution in [0.25, 0.3) is 0 Å². The lowest BCUT2D eigenvalue weighted by molar-refractivity contribution is -0.487. The van der Waals surface area contributed by atoms with Crippen LogP contribution in [0.1, 0.15) is 29.3 Å². The van der Waals surface area contributed by atoms with Gasteiger partial charge < -0.3 is 0 Å². The molecule has 1 aromatic rings. The van der Waals surface area contributed by atoms with Crippen LogP contribution in [0, 0.1) is 23.0 Å². The molecule has 1 aromatic carbocycles. The Hall–Kier alpha value is -1.71. The van der Waals surface area contributed by atoms with Gasteiger partial charge in [0, 0.05) is 22.8 Å². The summed E-state index contributed by atoms with van der Waals surface area (Å²) in [6.45, 7) is 3.51. The Morgan fingerprint density at radius 1 is 1.38 bits per heavy atom. The summed E-state index contributed by atoms with van der Waals surface area (Å²) < 4.78 is 0. The molecule has 0 saturated heterocycles. The SMILES string of the molecule is Cc1ccc(C(=O)CC(C)C[N+](=O)[O-])cc1. The molecule has 1 rings (SSSR count). The van der Waals surface area contributed by atoms with Gasteiger partial charge in [-0.2, -0.15) is 0 Å². The summed E-state index contributed by atoms with van der Waals surface area (Å²) in [7, 11) is 0. The fourth-order valence-electron chi connectivity index (χ4n) is 1.49. The summed E-state index contributed by atoms with van der Waals surface area (Å²) in [6.07, 6.45) is 0.226. The second kappa shape index (κ2) is 5.39. The predicted octanol–water partition coefficient (Wildman–Crippen LogP) is 2.48. The monoisotopic (exact) mass is 221 g/mol. The van der Waals surface area contributed by atoms with Crippen molar-refractivity contribution in [2.24, 2.45) is 5.92 Å². The average molecular weight is 221 g/mol. The first-order valence-corrected chi connectivity index (χ1v) is 5.20. The van der Waals surface area contributed by atoms with Crippen LogP contribution in [0.3, 0.4) is 0 Å². The van der Waals surface area contributed by atoms with E-state index >= 15 is 0 Å². The molecule has 0 N–H and O–H groups in total. The van der Waals surface area contributed by atoms with Crippen LogP contribution >= 0.6 is 0 Å². The summed E-state index contributed by atoms with van der Waals surface area (Å²) in [5, 5.41) is 10.3. The van der Waals surface area contributed by atoms with E-state index in [0.717, 1.165) is 5.56 Å². The van der Waals surface area contributed by atoms with Crippen molar-refractivity contribution in [3.05, 3.63) is 45.5 Å². The summed E-state index contributed by atoms with van der Waals surface area (Å²) >= 11 is 0. The molecule has 0 aliphatic carbocycles. The van der Waals surface area contributed by atoms with E-state index < -0.39 is 0 Å². The number of ketones is 1. The highest BCUT2D eigenvalue weighted by atomic mass is 16.6. The molecule has 0 aliphatic rings. The van der Waals surface area contributed by atoms with Gasteiger partial charge in [-0.1, -0.05) is 36.8 Å². The number of rotatable bonds is 5. The van der Waals surface area contributed by atoms with Gasteiger partial charge in [0.2, 0.25) is 6.54 Å². The van der Waals surface area contributed by atoms with Crippen LogP contribution in [0.2, 0.25) is 0 Å². The zero-order valence-corrected chi connectivity index (χ0v) is 9.47. The van der Waals surface area contributed by atoms with Crippen molar-refractivity contribution in [3.63, 3.8) is 0 Å². The van der Waals surface area contributed by atoms with Gasteiger partial charge in [0.15, 0.2) is 5.78 Å². The second-order valence-electron chi connectivity index (χ2n) is 4.11. The minimum absolute atomic E-state index is 0.0330. The van der Waals surface area contributed by atoms with Crippen LogP contribution in [-0.4, -0.2) is 17.3 Å². The quantitative estimate of drug-likeness (QED) is 0.436. The molecular formula is C12H15NO3. The maximum Gasteiger partial charge on any atom is 0.206 e. The molecule has 1 atom stereocenters. The van der Waals surface area contributed by atoms with E-state index in [4.69, 9.17) is 0 Å². The van der Waals surface area contributed by atoms with Crippen molar-refractivity contribution < 1.29 is 9.72 Å². The Morgan fingerprint density at radius 3 is 2.44 bits per heavy atom. The lowest BCUT2D eigenvalue weighted by atomic mass is 9.99. The molecule has 4 heteroatoms. The van der Waals surface area contributed by atoms with Crippen molar-refractivity contribution in [2.75, 3.05) is 6.54 Å². The largest absolute Gasteiger partial charge is 0.294 e. The van der Waals surface area contributed by atoms with E-state index in [1.807, 2.05) is 19.1 Å². The number of carbonyl (C=O) groups excluding carboxylic acids is 1. The smallest absolute Gasteiger partial charge is 0.206 e. The van der Waals surface area contributed by atoms with Gasteiger partial charge in [-0.3, -0.25) is 14.9 Å². The van der Waals surface area contributed by atoms with Crippen LogP contribution in [0.4, 0.5) is 0 Å². The third-order valence-corrected chi connectivity index (χ3v) is 2.37. The lowest BCUT2D eigenvalue weighted by Gasteiger charge is -2.05. The van der Waals surface area contributed by atoms with E-state index in [9.17, 15) is 14.9 Å². The normalized spacial score (nSPS) is 12.1. The summed E-state index contributed by atoms with van der Waals surface area (Å²) in [4.78, 5) is 21.6. The van der Waals surface area contributed by atoms with E-state index in [-0.39, 0.29) is 29.6 Å². The summed E-state index contributed by atoms with van der Waals surface area (Å²) in [6, 6.07) is 7.25. The molecule has 0 saturated carbocycles. The van der Waals surface area contributed by atoms with Gasteiger partial charge in [-0.05, 0) is 6.92 Å². The molecule has 0 aromatic heterocycles. The number of nitro groups is 1.